The number of carbonyl (C=O) groups excluding carboxylic acids is 2. The van der Waals surface area contributed by atoms with Crippen molar-refractivity contribution in [3.63, 3.8) is 0 Å². The second kappa shape index (κ2) is 8.46. The minimum Gasteiger partial charge on any atom is -0.481 e. The molecular weight excluding hydrogens is 370 g/mol. The first-order valence-electron chi connectivity index (χ1n) is 9.91. The SMILES string of the molecule is COc1cc(NC2CCN(C(=O)C3CC(=O)N(c4ccccc4)C3)CC2)ncn1. The van der Waals surface area contributed by atoms with Crippen LogP contribution in [0.5, 0.6) is 5.88 Å². The first-order valence-corrected chi connectivity index (χ1v) is 9.91. The van der Waals surface area contributed by atoms with Gasteiger partial charge in [0.2, 0.25) is 17.7 Å². The Morgan fingerprint density at radius 1 is 1.17 bits per heavy atom. The summed E-state index contributed by atoms with van der Waals surface area (Å²) in [7, 11) is 1.57. The fourth-order valence-electron chi connectivity index (χ4n) is 3.97. The molecule has 2 aliphatic rings. The number of nitrogens with zero attached hydrogens (tertiary/aromatic N) is 4. The van der Waals surface area contributed by atoms with Gasteiger partial charge in [-0.3, -0.25) is 9.59 Å². The number of para-hydroxylation sites is 1. The zero-order valence-electron chi connectivity index (χ0n) is 16.5. The molecule has 0 bridgehead atoms. The van der Waals surface area contributed by atoms with Crippen LogP contribution in [-0.4, -0.2) is 59.5 Å². The molecule has 2 saturated heterocycles. The Morgan fingerprint density at radius 3 is 2.66 bits per heavy atom. The van der Waals surface area contributed by atoms with Gasteiger partial charge in [0.25, 0.3) is 0 Å². The maximum Gasteiger partial charge on any atom is 0.228 e. The number of aromatic nitrogens is 2. The molecule has 4 rings (SSSR count). The number of nitrogens with one attached hydrogen (secondary N) is 1. The highest BCUT2D eigenvalue weighted by molar-refractivity contribution is 6.00. The number of piperidine rings is 1. The molecule has 0 spiro atoms. The summed E-state index contributed by atoms with van der Waals surface area (Å²) in [5.74, 6) is 1.08. The van der Waals surface area contributed by atoms with Gasteiger partial charge in [0, 0.05) is 43.9 Å². The summed E-state index contributed by atoms with van der Waals surface area (Å²) in [5, 5.41) is 3.39. The Hall–Kier alpha value is -3.16. The van der Waals surface area contributed by atoms with E-state index in [2.05, 4.69) is 15.3 Å². The van der Waals surface area contributed by atoms with Gasteiger partial charge >= 0.3 is 0 Å². The van der Waals surface area contributed by atoms with E-state index in [4.69, 9.17) is 4.74 Å². The van der Waals surface area contributed by atoms with E-state index < -0.39 is 0 Å². The van der Waals surface area contributed by atoms with Crippen LogP contribution in [0, 0.1) is 5.92 Å². The molecule has 8 nitrogen and oxygen atoms in total. The van der Waals surface area contributed by atoms with Crippen molar-refractivity contribution in [1.29, 1.82) is 0 Å². The monoisotopic (exact) mass is 395 g/mol. The average molecular weight is 395 g/mol. The minimum atomic E-state index is -0.265. The van der Waals surface area contributed by atoms with Gasteiger partial charge in [0.05, 0.1) is 13.0 Å². The third kappa shape index (κ3) is 4.31. The van der Waals surface area contributed by atoms with Crippen molar-refractivity contribution in [2.24, 2.45) is 5.92 Å². The highest BCUT2D eigenvalue weighted by atomic mass is 16.5. The van der Waals surface area contributed by atoms with Gasteiger partial charge in [-0.25, -0.2) is 9.97 Å². The second-order valence-corrected chi connectivity index (χ2v) is 7.43. The molecule has 8 heteroatoms. The van der Waals surface area contributed by atoms with Crippen LogP contribution >= 0.6 is 0 Å². The van der Waals surface area contributed by atoms with E-state index >= 15 is 0 Å². The topological polar surface area (TPSA) is 87.7 Å². The lowest BCUT2D eigenvalue weighted by Gasteiger charge is -2.34. The highest BCUT2D eigenvalue weighted by Crippen LogP contribution is 2.27. The van der Waals surface area contributed by atoms with E-state index in [9.17, 15) is 9.59 Å². The van der Waals surface area contributed by atoms with Crippen LogP contribution in [0.3, 0.4) is 0 Å². The molecule has 1 aromatic carbocycles. The van der Waals surface area contributed by atoms with E-state index in [0.717, 1.165) is 24.3 Å². The van der Waals surface area contributed by atoms with Crippen LogP contribution in [0.25, 0.3) is 0 Å². The molecule has 29 heavy (non-hydrogen) atoms. The molecule has 1 unspecified atom stereocenters. The number of ether oxygens (including phenoxy) is 1. The van der Waals surface area contributed by atoms with Crippen LogP contribution in [0.4, 0.5) is 11.5 Å². The third-order valence-corrected chi connectivity index (χ3v) is 5.55. The summed E-state index contributed by atoms with van der Waals surface area (Å²) >= 11 is 0. The molecule has 0 aliphatic carbocycles. The summed E-state index contributed by atoms with van der Waals surface area (Å²) in [5.41, 5.74) is 0.857. The maximum absolute atomic E-state index is 13.0. The van der Waals surface area contributed by atoms with Gasteiger partial charge in [0.1, 0.15) is 12.1 Å². The number of hydrogen-bond donors (Lipinski definition) is 1. The van der Waals surface area contributed by atoms with Crippen LogP contribution in [0.15, 0.2) is 42.7 Å². The van der Waals surface area contributed by atoms with Crippen molar-refractivity contribution in [2.45, 2.75) is 25.3 Å². The van der Waals surface area contributed by atoms with Gasteiger partial charge in [-0.1, -0.05) is 18.2 Å². The Morgan fingerprint density at radius 2 is 1.93 bits per heavy atom. The summed E-state index contributed by atoms with van der Waals surface area (Å²) in [6, 6.07) is 11.5. The van der Waals surface area contributed by atoms with Crippen molar-refractivity contribution in [3.8, 4) is 5.88 Å². The first-order chi connectivity index (χ1) is 14.1. The molecule has 2 aliphatic heterocycles. The van der Waals surface area contributed by atoms with Crippen LogP contribution < -0.4 is 15.0 Å². The van der Waals surface area contributed by atoms with Crippen molar-refractivity contribution in [2.75, 3.05) is 37.0 Å². The molecule has 1 atom stereocenters. The molecule has 1 N–H and O–H groups in total. The first kappa shape index (κ1) is 19.2. The zero-order valence-corrected chi connectivity index (χ0v) is 16.5. The lowest BCUT2D eigenvalue weighted by Crippen LogP contribution is -2.45. The normalized spacial score (nSPS) is 20.0. The van der Waals surface area contributed by atoms with E-state index in [1.54, 1.807) is 18.1 Å². The number of anilines is 2. The molecule has 3 heterocycles. The zero-order chi connectivity index (χ0) is 20.2. The summed E-state index contributed by atoms with van der Waals surface area (Å²) < 4.78 is 5.12. The van der Waals surface area contributed by atoms with Crippen LogP contribution in [-0.2, 0) is 9.59 Å². The predicted molar refractivity (Wildman–Crippen MR) is 109 cm³/mol. The number of hydrogen-bond acceptors (Lipinski definition) is 6. The molecule has 0 saturated carbocycles. The molecule has 1 aromatic heterocycles. The minimum absolute atomic E-state index is 0.0174. The Bertz CT molecular complexity index is 868. The lowest BCUT2D eigenvalue weighted by molar-refractivity contribution is -0.136. The number of amides is 2. The fourth-order valence-corrected chi connectivity index (χ4v) is 3.97. The lowest BCUT2D eigenvalue weighted by atomic mass is 10.0. The van der Waals surface area contributed by atoms with Crippen LogP contribution in [0.2, 0.25) is 0 Å². The molecule has 2 aromatic rings. The predicted octanol–water partition coefficient (Wildman–Crippen LogP) is 1.94. The highest BCUT2D eigenvalue weighted by Gasteiger charge is 2.38. The van der Waals surface area contributed by atoms with Crippen molar-refractivity contribution in [1.82, 2.24) is 14.9 Å². The smallest absolute Gasteiger partial charge is 0.228 e. The largest absolute Gasteiger partial charge is 0.481 e. The Balaban J connectivity index is 1.30. The van der Waals surface area contributed by atoms with Crippen molar-refractivity contribution in [3.05, 3.63) is 42.7 Å². The van der Waals surface area contributed by atoms with E-state index in [-0.39, 0.29) is 30.2 Å². The summed E-state index contributed by atoms with van der Waals surface area (Å²) in [6.45, 7) is 1.81. The quantitative estimate of drug-likeness (QED) is 0.833. The summed E-state index contributed by atoms with van der Waals surface area (Å²) in [4.78, 5) is 37.2. The number of benzene rings is 1. The molecule has 2 fully saturated rings. The van der Waals surface area contributed by atoms with Gasteiger partial charge in [0.15, 0.2) is 0 Å². The van der Waals surface area contributed by atoms with Gasteiger partial charge in [-0.15, -0.1) is 0 Å². The standard InChI is InChI=1S/C21H25N5O3/c1-29-19-12-18(22-14-23-19)24-16-7-9-25(10-8-16)21(28)15-11-20(27)26(13-15)17-5-3-2-4-6-17/h2-6,12,14-16H,7-11,13H2,1H3,(H,22,23,24). The Labute approximate surface area is 169 Å². The Kier molecular flexibility index (Phi) is 5.59. The van der Waals surface area contributed by atoms with Crippen LogP contribution in [0.1, 0.15) is 19.3 Å². The van der Waals surface area contributed by atoms with Crippen molar-refractivity contribution < 1.29 is 14.3 Å². The molecule has 2 amide bonds. The molecule has 0 radical (unpaired) electrons. The number of likely N-dealkylation sites (tertiary alicyclic amines) is 1. The third-order valence-electron chi connectivity index (χ3n) is 5.55. The number of rotatable bonds is 5. The number of methoxy groups -OCH3 is 1. The van der Waals surface area contributed by atoms with E-state index in [1.807, 2.05) is 35.2 Å². The van der Waals surface area contributed by atoms with Crippen molar-refractivity contribution >= 4 is 23.3 Å². The summed E-state index contributed by atoms with van der Waals surface area (Å²) in [6.07, 6.45) is 3.42. The second-order valence-electron chi connectivity index (χ2n) is 7.43. The van der Waals surface area contributed by atoms with Gasteiger partial charge < -0.3 is 19.9 Å². The van der Waals surface area contributed by atoms with Gasteiger partial charge in [-0.05, 0) is 25.0 Å². The average Bonchev–Trinajstić information content (AvgIpc) is 3.16. The number of carbonyl (C=O) groups is 2. The van der Waals surface area contributed by atoms with E-state index in [1.165, 1.54) is 6.33 Å². The molecular formula is C21H25N5O3. The van der Waals surface area contributed by atoms with E-state index in [0.29, 0.717) is 25.5 Å². The fraction of sp³-hybridized carbons (Fsp3) is 0.429. The maximum atomic E-state index is 13.0. The van der Waals surface area contributed by atoms with Gasteiger partial charge in [-0.2, -0.15) is 0 Å². The molecule has 152 valence electrons.